The fourth-order valence-corrected chi connectivity index (χ4v) is 4.39. The molecule has 0 radical (unpaired) electrons. The number of amides is 1. The summed E-state index contributed by atoms with van der Waals surface area (Å²) in [5.74, 6) is 1.36. The van der Waals surface area contributed by atoms with Gasteiger partial charge in [-0.15, -0.1) is 0 Å². The van der Waals surface area contributed by atoms with E-state index in [2.05, 4.69) is 16.4 Å². The van der Waals surface area contributed by atoms with Crippen molar-refractivity contribution < 1.29 is 24.1 Å². The van der Waals surface area contributed by atoms with Crippen molar-refractivity contribution in [3.63, 3.8) is 0 Å². The lowest BCUT2D eigenvalue weighted by molar-refractivity contribution is -0.120. The molecule has 7 heteroatoms. The van der Waals surface area contributed by atoms with E-state index in [1.807, 2.05) is 43.3 Å². The highest BCUT2D eigenvalue weighted by atomic mass is 16.5. The van der Waals surface area contributed by atoms with Gasteiger partial charge >= 0.3 is 0 Å². The molecule has 0 unspecified atom stereocenters. The SMILES string of the molecule is COc1ccc2c(c1)C(CC(=O)NCc1ccccn1)=C(C)/C2=C/Cc1cc(OC)c(O)c(OC)c1. The van der Waals surface area contributed by atoms with Crippen LogP contribution in [0.4, 0.5) is 0 Å². The van der Waals surface area contributed by atoms with Crippen LogP contribution in [0.15, 0.2) is 66.4 Å². The minimum atomic E-state index is -0.0713. The van der Waals surface area contributed by atoms with Crippen LogP contribution >= 0.6 is 0 Å². The monoisotopic (exact) mass is 486 g/mol. The molecule has 0 bridgehead atoms. The van der Waals surface area contributed by atoms with Crippen molar-refractivity contribution in [3.8, 4) is 23.0 Å². The van der Waals surface area contributed by atoms with Gasteiger partial charge in [-0.3, -0.25) is 9.78 Å². The zero-order valence-corrected chi connectivity index (χ0v) is 20.9. The minimum Gasteiger partial charge on any atom is -0.502 e. The molecule has 1 aliphatic carbocycles. The first-order valence-electron chi connectivity index (χ1n) is 11.6. The molecule has 2 N–H and O–H groups in total. The lowest BCUT2D eigenvalue weighted by atomic mass is 10.00. The van der Waals surface area contributed by atoms with Gasteiger partial charge in [0.25, 0.3) is 0 Å². The Kier molecular flexibility index (Phi) is 7.59. The number of phenolic OH excluding ortho intramolecular Hbond substituents is 1. The second-order valence-corrected chi connectivity index (χ2v) is 8.46. The van der Waals surface area contributed by atoms with Crippen molar-refractivity contribution in [2.75, 3.05) is 21.3 Å². The maximum Gasteiger partial charge on any atom is 0.224 e. The van der Waals surface area contributed by atoms with Gasteiger partial charge in [-0.1, -0.05) is 18.2 Å². The molecule has 1 heterocycles. The van der Waals surface area contributed by atoms with E-state index < -0.39 is 0 Å². The molecule has 0 aliphatic heterocycles. The van der Waals surface area contributed by atoms with Gasteiger partial charge in [-0.25, -0.2) is 0 Å². The first-order valence-corrected chi connectivity index (χ1v) is 11.6. The van der Waals surface area contributed by atoms with E-state index >= 15 is 0 Å². The topological polar surface area (TPSA) is 89.9 Å². The molecule has 0 spiro atoms. The molecule has 1 aliphatic rings. The maximum atomic E-state index is 12.9. The van der Waals surface area contributed by atoms with Crippen LogP contribution in [0.5, 0.6) is 23.0 Å². The summed E-state index contributed by atoms with van der Waals surface area (Å²) in [7, 11) is 4.65. The largest absolute Gasteiger partial charge is 0.502 e. The van der Waals surface area contributed by atoms with Crippen LogP contribution in [-0.4, -0.2) is 37.3 Å². The van der Waals surface area contributed by atoms with Crippen LogP contribution in [0.25, 0.3) is 11.1 Å². The highest BCUT2D eigenvalue weighted by molar-refractivity contribution is 6.04. The molecular formula is C29H30N2O5. The molecule has 186 valence electrons. The lowest BCUT2D eigenvalue weighted by Crippen LogP contribution is -2.23. The molecule has 3 aromatic rings. The smallest absolute Gasteiger partial charge is 0.224 e. The summed E-state index contributed by atoms with van der Waals surface area (Å²) in [6, 6.07) is 15.2. The Morgan fingerprint density at radius 1 is 1.00 bits per heavy atom. The van der Waals surface area contributed by atoms with Gasteiger partial charge < -0.3 is 24.6 Å². The van der Waals surface area contributed by atoms with Crippen LogP contribution in [0.1, 0.15) is 35.7 Å². The highest BCUT2D eigenvalue weighted by Gasteiger charge is 2.26. The van der Waals surface area contributed by atoms with E-state index in [-0.39, 0.29) is 18.1 Å². The Morgan fingerprint density at radius 2 is 1.75 bits per heavy atom. The fraction of sp³-hybridized carbons (Fsp3) is 0.241. The lowest BCUT2D eigenvalue weighted by Gasteiger charge is -2.11. The van der Waals surface area contributed by atoms with Gasteiger partial charge in [-0.05, 0) is 83.2 Å². The molecule has 36 heavy (non-hydrogen) atoms. The number of pyridine rings is 1. The number of ether oxygens (including phenoxy) is 3. The van der Waals surface area contributed by atoms with Gasteiger partial charge in [-0.2, -0.15) is 0 Å². The van der Waals surface area contributed by atoms with Gasteiger partial charge in [0.05, 0.1) is 40.0 Å². The Balaban J connectivity index is 1.62. The summed E-state index contributed by atoms with van der Waals surface area (Å²) >= 11 is 0. The first kappa shape index (κ1) is 24.9. The number of carbonyl (C=O) groups is 1. The van der Waals surface area contributed by atoms with Crippen LogP contribution in [0.2, 0.25) is 0 Å². The predicted molar refractivity (Wildman–Crippen MR) is 139 cm³/mol. The number of carbonyl (C=O) groups excluding carboxylic acids is 1. The Morgan fingerprint density at radius 3 is 2.39 bits per heavy atom. The number of methoxy groups -OCH3 is 3. The zero-order valence-electron chi connectivity index (χ0n) is 20.9. The highest BCUT2D eigenvalue weighted by Crippen LogP contribution is 2.44. The summed E-state index contributed by atoms with van der Waals surface area (Å²) in [5, 5.41) is 13.2. The average Bonchev–Trinajstić information content (AvgIpc) is 3.16. The molecule has 1 aromatic heterocycles. The maximum absolute atomic E-state index is 12.9. The van der Waals surface area contributed by atoms with Crippen molar-refractivity contribution >= 4 is 17.1 Å². The summed E-state index contributed by atoms with van der Waals surface area (Å²) in [4.78, 5) is 17.1. The van der Waals surface area contributed by atoms with E-state index in [1.54, 1.807) is 25.4 Å². The summed E-state index contributed by atoms with van der Waals surface area (Å²) in [5.41, 5.74) is 6.86. The molecule has 0 fully saturated rings. The molecule has 1 amide bonds. The average molecular weight is 487 g/mol. The second-order valence-electron chi connectivity index (χ2n) is 8.46. The van der Waals surface area contributed by atoms with Gasteiger partial charge in [0.1, 0.15) is 5.75 Å². The normalized spacial score (nSPS) is 13.5. The molecule has 4 rings (SSSR count). The Bertz CT molecular complexity index is 1300. The van der Waals surface area contributed by atoms with Crippen LogP contribution in [0, 0.1) is 0 Å². The summed E-state index contributed by atoms with van der Waals surface area (Å²) in [6.07, 6.45) is 4.68. The zero-order chi connectivity index (χ0) is 25.7. The number of nitrogens with zero attached hydrogens (tertiary/aromatic N) is 1. The standard InChI is InChI=1S/C29H30N2O5/c1-18-22(10-8-19-13-26(35-3)29(33)27(14-19)36-4)23-11-9-21(34-2)15-25(23)24(18)16-28(32)31-17-20-7-5-6-12-30-20/h5-7,9-15,33H,8,16-17H2,1-4H3,(H,31,32)/b22-10-. The number of fused-ring (bicyclic) bond motifs is 1. The van der Waals surface area contributed by atoms with Crippen LogP contribution in [0.3, 0.4) is 0 Å². The Labute approximate surface area is 211 Å². The first-order chi connectivity index (χ1) is 17.4. The Hall–Kier alpha value is -4.26. The predicted octanol–water partition coefficient (Wildman–Crippen LogP) is 4.93. The van der Waals surface area contributed by atoms with Crippen molar-refractivity contribution in [1.29, 1.82) is 0 Å². The third-order valence-corrected chi connectivity index (χ3v) is 6.31. The number of hydrogen-bond acceptors (Lipinski definition) is 6. The van der Waals surface area contributed by atoms with E-state index in [9.17, 15) is 9.90 Å². The van der Waals surface area contributed by atoms with E-state index in [0.29, 0.717) is 24.5 Å². The molecule has 0 atom stereocenters. The minimum absolute atomic E-state index is 0.0233. The van der Waals surface area contributed by atoms with Crippen molar-refractivity contribution in [3.05, 3.63) is 88.8 Å². The quantitative estimate of drug-likeness (QED) is 0.446. The second kappa shape index (κ2) is 11.0. The van der Waals surface area contributed by atoms with E-state index in [0.717, 1.165) is 44.9 Å². The molecular weight excluding hydrogens is 456 g/mol. The number of nitrogens with one attached hydrogen (secondary N) is 1. The number of aromatic hydroxyl groups is 1. The van der Waals surface area contributed by atoms with Gasteiger partial charge in [0.2, 0.25) is 11.7 Å². The number of benzene rings is 2. The number of rotatable bonds is 9. The number of allylic oxidation sites excluding steroid dienone is 3. The fourth-order valence-electron chi connectivity index (χ4n) is 4.39. The molecule has 0 saturated carbocycles. The molecule has 2 aromatic carbocycles. The molecule has 0 saturated heterocycles. The summed E-state index contributed by atoms with van der Waals surface area (Å²) < 4.78 is 16.0. The van der Waals surface area contributed by atoms with Crippen molar-refractivity contribution in [2.24, 2.45) is 0 Å². The third-order valence-electron chi connectivity index (χ3n) is 6.31. The molecule has 7 nitrogen and oxygen atoms in total. The van der Waals surface area contributed by atoms with Gasteiger partial charge in [0, 0.05) is 6.20 Å². The van der Waals surface area contributed by atoms with E-state index in [4.69, 9.17) is 14.2 Å². The summed E-state index contributed by atoms with van der Waals surface area (Å²) in [6.45, 7) is 2.42. The number of aromatic nitrogens is 1. The van der Waals surface area contributed by atoms with E-state index in [1.165, 1.54) is 14.2 Å². The number of hydrogen-bond donors (Lipinski definition) is 2. The number of phenols is 1. The van der Waals surface area contributed by atoms with Crippen molar-refractivity contribution in [1.82, 2.24) is 10.3 Å². The van der Waals surface area contributed by atoms with Gasteiger partial charge in [0.15, 0.2) is 11.5 Å². The van der Waals surface area contributed by atoms with Crippen molar-refractivity contribution in [2.45, 2.75) is 26.3 Å². The van der Waals surface area contributed by atoms with Crippen LogP contribution in [-0.2, 0) is 17.8 Å². The third kappa shape index (κ3) is 5.20. The van der Waals surface area contributed by atoms with Crippen LogP contribution < -0.4 is 19.5 Å².